The van der Waals surface area contributed by atoms with E-state index in [2.05, 4.69) is 35.4 Å². The molecule has 0 radical (unpaired) electrons. The number of hydrogen-bond acceptors (Lipinski definition) is 4. The maximum absolute atomic E-state index is 13.9. The van der Waals surface area contributed by atoms with Crippen molar-refractivity contribution in [1.82, 2.24) is 4.90 Å². The number of rotatable bonds is 5. The van der Waals surface area contributed by atoms with Gasteiger partial charge in [0.15, 0.2) is 11.6 Å². The molecule has 1 atom stereocenters. The Morgan fingerprint density at radius 1 is 1.36 bits per heavy atom. The summed E-state index contributed by atoms with van der Waals surface area (Å²) >= 11 is 0. The van der Waals surface area contributed by atoms with Crippen molar-refractivity contribution < 1.29 is 9.13 Å². The van der Waals surface area contributed by atoms with Crippen molar-refractivity contribution in [2.75, 3.05) is 13.1 Å². The van der Waals surface area contributed by atoms with Gasteiger partial charge in [0.1, 0.15) is 11.6 Å². The van der Waals surface area contributed by atoms with Gasteiger partial charge in [0.05, 0.1) is 0 Å². The molecule has 2 aliphatic rings. The van der Waals surface area contributed by atoms with Crippen LogP contribution in [0, 0.1) is 4.91 Å². The molecule has 1 aromatic carbocycles. The molecule has 1 spiro atoms. The van der Waals surface area contributed by atoms with Gasteiger partial charge >= 0.3 is 0 Å². The second-order valence-electron chi connectivity index (χ2n) is 6.77. The summed E-state index contributed by atoms with van der Waals surface area (Å²) in [6.07, 6.45) is 3.37. The van der Waals surface area contributed by atoms with E-state index in [4.69, 9.17) is 4.74 Å². The topological polar surface area (TPSA) is 41.9 Å². The molecule has 1 aromatic rings. The highest BCUT2D eigenvalue weighted by Crippen LogP contribution is 2.42. The normalized spacial score (nSPS) is 23.2. The van der Waals surface area contributed by atoms with Crippen molar-refractivity contribution in [2.24, 2.45) is 5.18 Å². The van der Waals surface area contributed by atoms with Gasteiger partial charge in [-0.1, -0.05) is 54.7 Å². The fourth-order valence-electron chi connectivity index (χ4n) is 3.73. The maximum atomic E-state index is 13.9. The fraction of sp³-hybridized carbons (Fsp3) is 0.400. The van der Waals surface area contributed by atoms with E-state index in [-0.39, 0.29) is 5.76 Å². The van der Waals surface area contributed by atoms with Crippen LogP contribution in [-0.2, 0) is 11.3 Å². The van der Waals surface area contributed by atoms with Gasteiger partial charge in [-0.3, -0.25) is 4.90 Å². The summed E-state index contributed by atoms with van der Waals surface area (Å²) in [5.41, 5.74) is 1.12. The molecule has 4 nitrogen and oxygen atoms in total. The van der Waals surface area contributed by atoms with Gasteiger partial charge in [-0.15, -0.1) is 0 Å². The monoisotopic (exact) mass is 342 g/mol. The van der Waals surface area contributed by atoms with Crippen molar-refractivity contribution in [3.63, 3.8) is 0 Å². The van der Waals surface area contributed by atoms with Crippen LogP contribution >= 0.6 is 0 Å². The Balaban J connectivity index is 1.72. The first-order chi connectivity index (χ1) is 12.1. The zero-order chi connectivity index (χ0) is 17.9. The van der Waals surface area contributed by atoms with Gasteiger partial charge in [-0.25, -0.2) is 4.39 Å². The van der Waals surface area contributed by atoms with Gasteiger partial charge < -0.3 is 4.74 Å². The number of piperidine rings is 1. The van der Waals surface area contributed by atoms with Crippen molar-refractivity contribution in [1.29, 1.82) is 0 Å². The Hall–Kier alpha value is -2.27. The quantitative estimate of drug-likeness (QED) is 0.740. The Morgan fingerprint density at radius 2 is 2.04 bits per heavy atom. The molecular weight excluding hydrogens is 319 g/mol. The molecular formula is C20H23FN2O2. The summed E-state index contributed by atoms with van der Waals surface area (Å²) in [6.45, 7) is 9.53. The molecule has 1 unspecified atom stereocenters. The number of ether oxygens (including phenoxy) is 1. The summed E-state index contributed by atoms with van der Waals surface area (Å²) in [5.74, 6) is -0.628. The van der Waals surface area contributed by atoms with E-state index in [1.165, 1.54) is 11.6 Å². The first kappa shape index (κ1) is 17.5. The summed E-state index contributed by atoms with van der Waals surface area (Å²) in [4.78, 5) is 13.6. The van der Waals surface area contributed by atoms with Crippen LogP contribution in [-0.4, -0.2) is 29.6 Å². The molecule has 0 amide bonds. The molecule has 1 saturated heterocycles. The van der Waals surface area contributed by atoms with Crippen LogP contribution in [0.2, 0.25) is 0 Å². The molecule has 2 aliphatic heterocycles. The van der Waals surface area contributed by atoms with E-state index < -0.39 is 17.5 Å². The number of nitroso groups, excluding NO2 is 1. The molecule has 1 fully saturated rings. The second kappa shape index (κ2) is 7.31. The number of allylic oxidation sites excluding steroid dienone is 1. The molecule has 0 saturated carbocycles. The number of hydrogen-bond donors (Lipinski definition) is 0. The molecule has 3 rings (SSSR count). The molecule has 2 heterocycles. The lowest BCUT2D eigenvalue weighted by molar-refractivity contribution is -0.0670. The van der Waals surface area contributed by atoms with Crippen molar-refractivity contribution in [3.05, 3.63) is 77.2 Å². The van der Waals surface area contributed by atoms with E-state index in [1.807, 2.05) is 18.2 Å². The van der Waals surface area contributed by atoms with E-state index >= 15 is 0 Å². The lowest BCUT2D eigenvalue weighted by Gasteiger charge is -2.45. The van der Waals surface area contributed by atoms with Crippen LogP contribution in [0.15, 0.2) is 71.9 Å². The maximum Gasteiger partial charge on any atom is 0.160 e. The summed E-state index contributed by atoms with van der Waals surface area (Å²) < 4.78 is 19.9. The molecule has 5 heteroatoms. The van der Waals surface area contributed by atoms with E-state index in [0.717, 1.165) is 32.5 Å². The summed E-state index contributed by atoms with van der Waals surface area (Å²) in [6, 6.07) is 9.66. The Morgan fingerprint density at radius 3 is 2.60 bits per heavy atom. The number of halogens is 1. The predicted molar refractivity (Wildman–Crippen MR) is 96.4 cm³/mol. The third kappa shape index (κ3) is 3.71. The van der Waals surface area contributed by atoms with Crippen molar-refractivity contribution >= 4 is 0 Å². The van der Waals surface area contributed by atoms with Crippen LogP contribution < -0.4 is 0 Å². The van der Waals surface area contributed by atoms with Crippen LogP contribution in [0.5, 0.6) is 0 Å². The number of likely N-dealkylation sites (tertiary alicyclic amines) is 1. The average Bonchev–Trinajstić information content (AvgIpc) is 2.64. The van der Waals surface area contributed by atoms with Gasteiger partial charge in [0.2, 0.25) is 0 Å². The minimum atomic E-state index is -0.672. The highest BCUT2D eigenvalue weighted by molar-refractivity contribution is 5.37. The molecule has 0 N–H and O–H groups in total. The SMILES string of the molecule is C=CC1=C(C(=C)F)OC2(CCN(Cc3ccccc3)CC2)CC1N=O. The molecule has 25 heavy (non-hydrogen) atoms. The summed E-state index contributed by atoms with van der Waals surface area (Å²) in [7, 11) is 0. The van der Waals surface area contributed by atoms with E-state index in [0.29, 0.717) is 12.0 Å². The fourth-order valence-corrected chi connectivity index (χ4v) is 3.73. The lowest BCUT2D eigenvalue weighted by Crippen LogP contribution is -2.49. The Kier molecular flexibility index (Phi) is 5.13. The highest BCUT2D eigenvalue weighted by Gasteiger charge is 2.45. The third-order valence-electron chi connectivity index (χ3n) is 5.11. The van der Waals surface area contributed by atoms with Gasteiger partial charge in [-0.05, 0) is 18.4 Å². The smallest absolute Gasteiger partial charge is 0.160 e. The molecule has 132 valence electrons. The third-order valence-corrected chi connectivity index (χ3v) is 5.11. The van der Waals surface area contributed by atoms with Gasteiger partial charge in [-0.2, -0.15) is 4.91 Å². The highest BCUT2D eigenvalue weighted by atomic mass is 19.1. The Labute approximate surface area is 147 Å². The lowest BCUT2D eigenvalue weighted by atomic mass is 9.80. The van der Waals surface area contributed by atoms with Crippen LogP contribution in [0.1, 0.15) is 24.8 Å². The van der Waals surface area contributed by atoms with Crippen molar-refractivity contribution in [3.8, 4) is 0 Å². The zero-order valence-electron chi connectivity index (χ0n) is 14.3. The minimum Gasteiger partial charge on any atom is -0.484 e. The summed E-state index contributed by atoms with van der Waals surface area (Å²) in [5, 5.41) is 3.19. The van der Waals surface area contributed by atoms with E-state index in [1.54, 1.807) is 0 Å². The first-order valence-electron chi connectivity index (χ1n) is 8.56. The van der Waals surface area contributed by atoms with Crippen LogP contribution in [0.25, 0.3) is 0 Å². The Bertz CT molecular complexity index is 691. The number of nitrogens with zero attached hydrogens (tertiary/aromatic N) is 2. The van der Waals surface area contributed by atoms with Crippen LogP contribution in [0.3, 0.4) is 0 Å². The minimum absolute atomic E-state index is 0.0439. The average molecular weight is 342 g/mol. The second-order valence-corrected chi connectivity index (χ2v) is 6.77. The number of benzene rings is 1. The van der Waals surface area contributed by atoms with Gasteiger partial charge in [0, 0.05) is 31.6 Å². The van der Waals surface area contributed by atoms with E-state index in [9.17, 15) is 9.30 Å². The first-order valence-corrected chi connectivity index (χ1v) is 8.56. The van der Waals surface area contributed by atoms with Gasteiger partial charge in [0.25, 0.3) is 0 Å². The molecule has 0 aromatic heterocycles. The van der Waals surface area contributed by atoms with Crippen LogP contribution in [0.4, 0.5) is 4.39 Å². The molecule has 0 bridgehead atoms. The van der Waals surface area contributed by atoms with Crippen molar-refractivity contribution in [2.45, 2.75) is 37.5 Å². The standard InChI is InChI=1S/C20H23FN2O2/c1-3-17-18(22-24)13-20(25-19(17)15(2)21)9-11-23(12-10-20)14-16-7-5-4-6-8-16/h3-8,18H,1-2,9-14H2. The molecule has 0 aliphatic carbocycles. The largest absolute Gasteiger partial charge is 0.484 e. The zero-order valence-corrected chi connectivity index (χ0v) is 14.3. The predicted octanol–water partition coefficient (Wildman–Crippen LogP) is 4.50.